The van der Waals surface area contributed by atoms with Crippen molar-refractivity contribution < 1.29 is 9.53 Å². The Bertz CT molecular complexity index is 388. The van der Waals surface area contributed by atoms with Crippen LogP contribution in [0.4, 0.5) is 0 Å². The molecule has 0 aromatic carbocycles. The van der Waals surface area contributed by atoms with Crippen molar-refractivity contribution in [2.75, 3.05) is 32.8 Å². The van der Waals surface area contributed by atoms with Gasteiger partial charge in [-0.3, -0.25) is 4.79 Å². The van der Waals surface area contributed by atoms with Gasteiger partial charge in [0.2, 0.25) is 5.91 Å². The van der Waals surface area contributed by atoms with E-state index in [1.807, 2.05) is 10.3 Å². The molecule has 1 aromatic heterocycles. The summed E-state index contributed by atoms with van der Waals surface area (Å²) in [6, 6.07) is 0. The van der Waals surface area contributed by atoms with Crippen molar-refractivity contribution in [1.82, 2.24) is 9.88 Å². The van der Waals surface area contributed by atoms with Gasteiger partial charge in [-0.25, -0.2) is 4.98 Å². The molecular formula is C12H19N3O2S. The largest absolute Gasteiger partial charge is 0.378 e. The first kappa shape index (κ1) is 13.5. The van der Waals surface area contributed by atoms with Gasteiger partial charge in [-0.05, 0) is 13.0 Å². The van der Waals surface area contributed by atoms with Crippen LogP contribution in [0.15, 0.2) is 5.38 Å². The van der Waals surface area contributed by atoms with E-state index in [-0.39, 0.29) is 5.91 Å². The van der Waals surface area contributed by atoms with Crippen molar-refractivity contribution in [3.05, 3.63) is 16.1 Å². The maximum absolute atomic E-state index is 11.9. The van der Waals surface area contributed by atoms with E-state index >= 15 is 0 Å². The first-order valence-electron chi connectivity index (χ1n) is 6.28. The summed E-state index contributed by atoms with van der Waals surface area (Å²) in [4.78, 5) is 18.3. The molecule has 6 heteroatoms. The summed E-state index contributed by atoms with van der Waals surface area (Å²) in [6.07, 6.45) is 2.07. The van der Waals surface area contributed by atoms with E-state index in [0.717, 1.165) is 23.5 Å². The number of hydrogen-bond acceptors (Lipinski definition) is 5. The van der Waals surface area contributed by atoms with Gasteiger partial charge in [0, 0.05) is 31.3 Å². The van der Waals surface area contributed by atoms with E-state index < -0.39 is 0 Å². The number of aryl methyl sites for hydroxylation is 1. The summed E-state index contributed by atoms with van der Waals surface area (Å²) in [5, 5.41) is 3.09. The first-order chi connectivity index (χ1) is 8.79. The molecule has 0 aliphatic carbocycles. The minimum atomic E-state index is 0.201. The minimum absolute atomic E-state index is 0.201. The number of rotatable bonds is 5. The predicted molar refractivity (Wildman–Crippen MR) is 70.6 cm³/mol. The van der Waals surface area contributed by atoms with Crippen LogP contribution < -0.4 is 5.73 Å². The smallest absolute Gasteiger partial charge is 0.223 e. The van der Waals surface area contributed by atoms with Gasteiger partial charge in [-0.1, -0.05) is 0 Å². The van der Waals surface area contributed by atoms with Gasteiger partial charge in [0.05, 0.1) is 23.9 Å². The molecule has 2 rings (SSSR count). The molecule has 2 N–H and O–H groups in total. The zero-order valence-corrected chi connectivity index (χ0v) is 11.2. The van der Waals surface area contributed by atoms with E-state index in [9.17, 15) is 4.79 Å². The molecular weight excluding hydrogens is 250 g/mol. The molecule has 0 saturated carbocycles. The van der Waals surface area contributed by atoms with Gasteiger partial charge < -0.3 is 15.4 Å². The molecule has 0 spiro atoms. The Morgan fingerprint density at radius 3 is 2.94 bits per heavy atom. The van der Waals surface area contributed by atoms with Gasteiger partial charge in [0.15, 0.2) is 0 Å². The van der Waals surface area contributed by atoms with Gasteiger partial charge in [-0.2, -0.15) is 0 Å². The highest BCUT2D eigenvalue weighted by Crippen LogP contribution is 2.12. The van der Waals surface area contributed by atoms with Gasteiger partial charge in [0.1, 0.15) is 0 Å². The summed E-state index contributed by atoms with van der Waals surface area (Å²) >= 11 is 1.63. The van der Waals surface area contributed by atoms with E-state index in [1.54, 1.807) is 11.3 Å². The topological polar surface area (TPSA) is 68.5 Å². The van der Waals surface area contributed by atoms with E-state index in [0.29, 0.717) is 39.3 Å². The van der Waals surface area contributed by atoms with Crippen LogP contribution in [0, 0.1) is 0 Å². The lowest BCUT2D eigenvalue weighted by Crippen LogP contribution is -2.40. The third kappa shape index (κ3) is 3.76. The van der Waals surface area contributed by atoms with Crippen molar-refractivity contribution in [3.8, 4) is 0 Å². The van der Waals surface area contributed by atoms with Crippen LogP contribution in [0.1, 0.15) is 17.1 Å². The number of amides is 1. The number of aromatic nitrogens is 1. The van der Waals surface area contributed by atoms with Gasteiger partial charge >= 0.3 is 0 Å². The average molecular weight is 269 g/mol. The van der Waals surface area contributed by atoms with E-state index in [2.05, 4.69) is 4.98 Å². The third-order valence-electron chi connectivity index (χ3n) is 2.92. The fourth-order valence-corrected chi connectivity index (χ4v) is 2.76. The predicted octanol–water partition coefficient (Wildman–Crippen LogP) is 0.436. The normalized spacial score (nSPS) is 15.9. The molecule has 1 saturated heterocycles. The summed E-state index contributed by atoms with van der Waals surface area (Å²) in [6.45, 7) is 3.37. The Morgan fingerprint density at radius 2 is 2.22 bits per heavy atom. The van der Waals surface area contributed by atoms with Crippen LogP contribution in [0.3, 0.4) is 0 Å². The second-order valence-corrected chi connectivity index (χ2v) is 5.21. The lowest BCUT2D eigenvalue weighted by Gasteiger charge is -2.26. The average Bonchev–Trinajstić information content (AvgIpc) is 2.85. The summed E-state index contributed by atoms with van der Waals surface area (Å²) in [5.74, 6) is 0.201. The van der Waals surface area contributed by atoms with Crippen molar-refractivity contribution in [2.24, 2.45) is 5.73 Å². The Balaban J connectivity index is 1.77. The standard InChI is InChI=1S/C12H19N3O2S/c13-4-3-11-14-10(9-18-11)1-2-12(16)15-5-7-17-8-6-15/h9H,1-8,13H2. The maximum atomic E-state index is 11.9. The van der Waals surface area contributed by atoms with Gasteiger partial charge in [0.25, 0.3) is 0 Å². The number of nitrogens with zero attached hydrogens (tertiary/aromatic N) is 2. The number of morpholine rings is 1. The number of thiazole rings is 1. The van der Waals surface area contributed by atoms with Crippen LogP contribution in [0.2, 0.25) is 0 Å². The first-order valence-corrected chi connectivity index (χ1v) is 7.16. The fourth-order valence-electron chi connectivity index (χ4n) is 1.91. The minimum Gasteiger partial charge on any atom is -0.378 e. The molecule has 1 amide bonds. The monoisotopic (exact) mass is 269 g/mol. The zero-order valence-electron chi connectivity index (χ0n) is 10.4. The molecule has 0 atom stereocenters. The highest BCUT2D eigenvalue weighted by Gasteiger charge is 2.16. The third-order valence-corrected chi connectivity index (χ3v) is 3.87. The summed E-state index contributed by atoms with van der Waals surface area (Å²) in [5.41, 5.74) is 6.49. The molecule has 0 radical (unpaired) electrons. The Hall–Kier alpha value is -0.980. The Labute approximate surface area is 111 Å². The molecule has 18 heavy (non-hydrogen) atoms. The number of nitrogens with two attached hydrogens (primary N) is 1. The molecule has 100 valence electrons. The van der Waals surface area contributed by atoms with E-state index in [1.165, 1.54) is 0 Å². The maximum Gasteiger partial charge on any atom is 0.223 e. The number of hydrogen-bond donors (Lipinski definition) is 1. The summed E-state index contributed by atoms with van der Waals surface area (Å²) < 4.78 is 5.23. The molecule has 0 bridgehead atoms. The molecule has 1 aromatic rings. The summed E-state index contributed by atoms with van der Waals surface area (Å²) in [7, 11) is 0. The quantitative estimate of drug-likeness (QED) is 0.842. The van der Waals surface area contributed by atoms with Crippen LogP contribution in [-0.4, -0.2) is 48.6 Å². The number of carbonyl (C=O) groups is 1. The van der Waals surface area contributed by atoms with Gasteiger partial charge in [-0.15, -0.1) is 11.3 Å². The second-order valence-electron chi connectivity index (χ2n) is 4.26. The van der Waals surface area contributed by atoms with Crippen molar-refractivity contribution in [1.29, 1.82) is 0 Å². The van der Waals surface area contributed by atoms with Crippen LogP contribution >= 0.6 is 11.3 Å². The SMILES string of the molecule is NCCc1nc(CCC(=O)N2CCOCC2)cs1. The highest BCUT2D eigenvalue weighted by atomic mass is 32.1. The van der Waals surface area contributed by atoms with Crippen LogP contribution in [0.25, 0.3) is 0 Å². The zero-order chi connectivity index (χ0) is 12.8. The molecule has 0 unspecified atom stereocenters. The number of carbonyl (C=O) groups excluding carboxylic acids is 1. The Morgan fingerprint density at radius 1 is 1.44 bits per heavy atom. The van der Waals surface area contributed by atoms with Crippen molar-refractivity contribution in [2.45, 2.75) is 19.3 Å². The molecule has 2 heterocycles. The fraction of sp³-hybridized carbons (Fsp3) is 0.667. The lowest BCUT2D eigenvalue weighted by atomic mass is 10.2. The molecule has 5 nitrogen and oxygen atoms in total. The molecule has 1 aliphatic heterocycles. The molecule has 1 aliphatic rings. The van der Waals surface area contributed by atoms with E-state index in [4.69, 9.17) is 10.5 Å². The lowest BCUT2D eigenvalue weighted by molar-refractivity contribution is -0.135. The Kier molecular flexibility index (Phi) is 5.10. The molecule has 1 fully saturated rings. The van der Waals surface area contributed by atoms with Crippen molar-refractivity contribution in [3.63, 3.8) is 0 Å². The highest BCUT2D eigenvalue weighted by molar-refractivity contribution is 7.09. The van der Waals surface area contributed by atoms with Crippen molar-refractivity contribution >= 4 is 17.2 Å². The second kappa shape index (κ2) is 6.82. The van der Waals surface area contributed by atoms with Crippen LogP contribution in [0.5, 0.6) is 0 Å². The number of ether oxygens (including phenoxy) is 1. The van der Waals surface area contributed by atoms with Crippen LogP contribution in [-0.2, 0) is 22.4 Å².